The summed E-state index contributed by atoms with van der Waals surface area (Å²) in [6.45, 7) is 5.21. The number of hydrogen-bond donors (Lipinski definition) is 2. The average Bonchev–Trinajstić information content (AvgIpc) is 3.24. The maximum atomic E-state index is 11.3. The van der Waals surface area contributed by atoms with E-state index < -0.39 is 5.97 Å². The van der Waals surface area contributed by atoms with Gasteiger partial charge in [0.25, 0.3) is 0 Å². The largest absolute Gasteiger partial charge is 0.481 e. The second-order valence-corrected chi connectivity index (χ2v) is 9.28. The van der Waals surface area contributed by atoms with Crippen molar-refractivity contribution >= 4 is 22.4 Å². The molecule has 0 saturated carbocycles. The zero-order valence-corrected chi connectivity index (χ0v) is 18.5. The normalized spacial score (nSPS) is 20.8. The van der Waals surface area contributed by atoms with Crippen LogP contribution in [-0.4, -0.2) is 43.4 Å². The van der Waals surface area contributed by atoms with E-state index in [0.29, 0.717) is 19.3 Å². The molecule has 2 aliphatic heterocycles. The minimum atomic E-state index is -0.772. The highest BCUT2D eigenvalue weighted by Crippen LogP contribution is 2.37. The van der Waals surface area contributed by atoms with Crippen molar-refractivity contribution in [3.05, 3.63) is 77.9 Å². The molecule has 32 heavy (non-hydrogen) atoms. The van der Waals surface area contributed by atoms with E-state index in [1.807, 2.05) is 0 Å². The molecule has 2 atom stereocenters. The lowest BCUT2D eigenvalue weighted by molar-refractivity contribution is -0.145. The molecule has 0 amide bonds. The summed E-state index contributed by atoms with van der Waals surface area (Å²) in [7, 11) is 0. The number of nitrogens with one attached hydrogen (secondary N) is 1. The van der Waals surface area contributed by atoms with Crippen LogP contribution in [0, 0.1) is 0 Å². The van der Waals surface area contributed by atoms with Crippen molar-refractivity contribution < 1.29 is 14.6 Å². The smallest absolute Gasteiger partial charge is 0.304 e. The molecule has 2 saturated heterocycles. The second-order valence-electron chi connectivity index (χ2n) is 9.28. The van der Waals surface area contributed by atoms with E-state index in [-0.39, 0.29) is 17.9 Å². The van der Waals surface area contributed by atoms with Crippen molar-refractivity contribution in [1.82, 2.24) is 5.32 Å². The van der Waals surface area contributed by atoms with E-state index in [4.69, 9.17) is 4.74 Å². The van der Waals surface area contributed by atoms with Crippen LogP contribution in [0.1, 0.15) is 36.9 Å². The van der Waals surface area contributed by atoms with Crippen LogP contribution in [0.25, 0.3) is 10.8 Å². The van der Waals surface area contributed by atoms with Crippen LogP contribution in [0.2, 0.25) is 0 Å². The molecule has 5 nitrogen and oxygen atoms in total. The van der Waals surface area contributed by atoms with Gasteiger partial charge in [-0.1, -0.05) is 54.6 Å². The summed E-state index contributed by atoms with van der Waals surface area (Å²) in [4.78, 5) is 13.7. The van der Waals surface area contributed by atoms with Crippen molar-refractivity contribution in [3.63, 3.8) is 0 Å². The van der Waals surface area contributed by atoms with E-state index in [1.54, 1.807) is 0 Å². The molecular weight excluding hydrogens is 400 g/mol. The summed E-state index contributed by atoms with van der Waals surface area (Å²) in [6, 6.07) is 24.3. The van der Waals surface area contributed by atoms with Gasteiger partial charge >= 0.3 is 5.97 Å². The molecule has 3 aromatic carbocycles. The highest BCUT2D eigenvalue weighted by Gasteiger charge is 2.42. The van der Waals surface area contributed by atoms with Gasteiger partial charge in [-0.2, -0.15) is 0 Å². The summed E-state index contributed by atoms with van der Waals surface area (Å²) in [5.41, 5.74) is 3.24. The van der Waals surface area contributed by atoms with Crippen LogP contribution >= 0.6 is 0 Å². The van der Waals surface area contributed by atoms with E-state index in [0.717, 1.165) is 25.1 Å². The van der Waals surface area contributed by atoms with E-state index >= 15 is 0 Å². The Labute approximate surface area is 189 Å². The van der Waals surface area contributed by atoms with Crippen molar-refractivity contribution in [2.24, 2.45) is 0 Å². The molecule has 0 aromatic heterocycles. The lowest BCUT2D eigenvalue weighted by Gasteiger charge is -2.41. The molecule has 0 spiro atoms. The predicted octanol–water partition coefficient (Wildman–Crippen LogP) is 4.51. The number of anilines is 1. The van der Waals surface area contributed by atoms with Crippen LogP contribution in [-0.2, 0) is 14.9 Å². The molecule has 2 aliphatic rings. The third kappa shape index (κ3) is 3.98. The zero-order valence-electron chi connectivity index (χ0n) is 18.5. The highest BCUT2D eigenvalue weighted by atomic mass is 16.5. The molecule has 0 radical (unpaired) electrons. The van der Waals surface area contributed by atoms with Gasteiger partial charge in [-0.3, -0.25) is 4.79 Å². The summed E-state index contributed by atoms with van der Waals surface area (Å²) < 4.78 is 5.36. The number of fused-ring (bicyclic) bond motifs is 1. The monoisotopic (exact) mass is 430 g/mol. The van der Waals surface area contributed by atoms with Gasteiger partial charge in [0.05, 0.1) is 25.0 Å². The number of benzene rings is 3. The fourth-order valence-corrected chi connectivity index (χ4v) is 5.24. The van der Waals surface area contributed by atoms with Gasteiger partial charge in [0.15, 0.2) is 0 Å². The first kappa shape index (κ1) is 21.0. The Morgan fingerprint density at radius 3 is 2.59 bits per heavy atom. The maximum Gasteiger partial charge on any atom is 0.304 e. The number of aliphatic carboxylic acids is 1. The Kier molecular flexibility index (Phi) is 5.62. The number of hydrogen-bond acceptors (Lipinski definition) is 4. The van der Waals surface area contributed by atoms with Gasteiger partial charge in [-0.05, 0) is 47.4 Å². The lowest BCUT2D eigenvalue weighted by Crippen LogP contribution is -2.48. The van der Waals surface area contributed by atoms with Gasteiger partial charge < -0.3 is 20.1 Å². The minimum absolute atomic E-state index is 0.119. The molecule has 2 unspecified atom stereocenters. The van der Waals surface area contributed by atoms with Gasteiger partial charge in [-0.15, -0.1) is 0 Å². The molecular formula is C27H30N2O3. The minimum Gasteiger partial charge on any atom is -0.481 e. The van der Waals surface area contributed by atoms with Crippen LogP contribution in [0.5, 0.6) is 0 Å². The molecule has 5 rings (SSSR count). The third-order valence-corrected chi connectivity index (χ3v) is 7.05. The lowest BCUT2D eigenvalue weighted by atomic mass is 9.76. The van der Waals surface area contributed by atoms with E-state index in [2.05, 4.69) is 83.9 Å². The summed E-state index contributed by atoms with van der Waals surface area (Å²) in [5.74, 6) is -0.772. The van der Waals surface area contributed by atoms with Crippen molar-refractivity contribution in [2.75, 3.05) is 31.2 Å². The third-order valence-electron chi connectivity index (χ3n) is 7.05. The topological polar surface area (TPSA) is 61.8 Å². The van der Waals surface area contributed by atoms with Gasteiger partial charge in [0, 0.05) is 30.9 Å². The fourth-order valence-electron chi connectivity index (χ4n) is 5.24. The SMILES string of the molecule is CC(NC1CCN(c2ccc(C3(CC(=O)O)COC3)cc2)C1)c1cccc2ccccc12. The number of ether oxygens (including phenoxy) is 1. The molecule has 2 heterocycles. The number of carbonyl (C=O) groups is 1. The standard InChI is InChI=1S/C27H30N2O3/c1-19(24-8-4-6-20-5-2-3-7-25(20)24)28-22-13-14-29(16-22)23-11-9-21(10-12-23)27(15-26(30)31)17-32-18-27/h2-12,19,22,28H,13-18H2,1H3,(H,30,31). The predicted molar refractivity (Wildman–Crippen MR) is 127 cm³/mol. The van der Waals surface area contributed by atoms with Crippen LogP contribution in [0.4, 0.5) is 5.69 Å². The van der Waals surface area contributed by atoms with Gasteiger partial charge in [0.2, 0.25) is 0 Å². The summed E-state index contributed by atoms with van der Waals surface area (Å²) in [5, 5.41) is 15.7. The molecule has 3 aromatic rings. The molecule has 2 fully saturated rings. The maximum absolute atomic E-state index is 11.3. The van der Waals surface area contributed by atoms with Crippen LogP contribution in [0.3, 0.4) is 0 Å². The van der Waals surface area contributed by atoms with E-state index in [9.17, 15) is 9.90 Å². The first-order valence-electron chi connectivity index (χ1n) is 11.4. The second kappa shape index (κ2) is 8.57. The molecule has 166 valence electrons. The number of rotatable bonds is 7. The van der Waals surface area contributed by atoms with Gasteiger partial charge in [-0.25, -0.2) is 0 Å². The Bertz CT molecular complexity index is 1100. The quantitative estimate of drug-likeness (QED) is 0.577. The molecule has 5 heteroatoms. The summed E-state index contributed by atoms with van der Waals surface area (Å²) >= 11 is 0. The molecule has 0 aliphatic carbocycles. The molecule has 0 bridgehead atoms. The number of carboxylic acid groups (broad SMARTS) is 1. The first-order chi connectivity index (χ1) is 15.5. The average molecular weight is 431 g/mol. The number of nitrogens with zero attached hydrogens (tertiary/aromatic N) is 1. The fraction of sp³-hybridized carbons (Fsp3) is 0.370. The Hall–Kier alpha value is -2.89. The van der Waals surface area contributed by atoms with Crippen LogP contribution in [0.15, 0.2) is 66.7 Å². The number of carboxylic acids is 1. The zero-order chi connectivity index (χ0) is 22.1. The van der Waals surface area contributed by atoms with Crippen molar-refractivity contribution in [3.8, 4) is 0 Å². The highest BCUT2D eigenvalue weighted by molar-refractivity contribution is 5.86. The van der Waals surface area contributed by atoms with Crippen molar-refractivity contribution in [1.29, 1.82) is 0 Å². The Morgan fingerprint density at radius 1 is 1.12 bits per heavy atom. The first-order valence-corrected chi connectivity index (χ1v) is 11.4. The summed E-state index contributed by atoms with van der Waals surface area (Å²) in [6.07, 6.45) is 1.22. The van der Waals surface area contributed by atoms with Crippen molar-refractivity contribution in [2.45, 2.75) is 37.3 Å². The van der Waals surface area contributed by atoms with Gasteiger partial charge in [0.1, 0.15) is 0 Å². The Balaban J connectivity index is 1.24. The van der Waals surface area contributed by atoms with Crippen LogP contribution < -0.4 is 10.2 Å². The molecule has 2 N–H and O–H groups in total. The van der Waals surface area contributed by atoms with E-state index in [1.165, 1.54) is 22.0 Å². The Morgan fingerprint density at radius 2 is 1.88 bits per heavy atom.